The lowest BCUT2D eigenvalue weighted by atomic mass is 10.1. The monoisotopic (exact) mass is 445 g/mol. The average Bonchev–Trinajstić information content (AvgIpc) is 3.54. The molecule has 31 heavy (non-hydrogen) atoms. The summed E-state index contributed by atoms with van der Waals surface area (Å²) in [6, 6.07) is 16.2. The van der Waals surface area contributed by atoms with Gasteiger partial charge in [0.1, 0.15) is 5.76 Å². The largest absolute Gasteiger partial charge is 0.453 e. The lowest BCUT2D eigenvalue weighted by molar-refractivity contribution is 0.218. The number of hydrogen-bond acceptors (Lipinski definition) is 7. The topological polar surface area (TPSA) is 70.8 Å². The van der Waals surface area contributed by atoms with E-state index in [2.05, 4.69) is 37.4 Å². The van der Waals surface area contributed by atoms with Crippen molar-refractivity contribution in [3.63, 3.8) is 0 Å². The van der Waals surface area contributed by atoms with Crippen molar-refractivity contribution in [2.75, 3.05) is 6.54 Å². The quantitative estimate of drug-likeness (QED) is 0.391. The summed E-state index contributed by atoms with van der Waals surface area (Å²) in [5, 5.41) is 3.74. The van der Waals surface area contributed by atoms with Crippen LogP contribution in [-0.4, -0.2) is 31.4 Å². The minimum Gasteiger partial charge on any atom is -0.453 e. The number of aromatic nitrogens is 4. The van der Waals surface area contributed by atoms with E-state index in [-0.39, 0.29) is 0 Å². The highest BCUT2D eigenvalue weighted by Crippen LogP contribution is 2.30. The number of nitrogens with zero attached hydrogens (tertiary/aromatic N) is 4. The third-order valence-electron chi connectivity index (χ3n) is 5.34. The van der Waals surface area contributed by atoms with Gasteiger partial charge >= 0.3 is 0 Å². The first-order valence-corrected chi connectivity index (χ1v) is 11.8. The highest BCUT2D eigenvalue weighted by atomic mass is 32.2. The molecule has 4 aromatic heterocycles. The highest BCUT2D eigenvalue weighted by molar-refractivity contribution is 7.99. The standard InChI is InChI=1S/C23H19N5OS2/c1-2-5-19-18(4-1)26-23(27-19)31-21-8-7-16(29-21)14-28-10-9-17-15(13-28)12-24-22(25-17)20-6-3-11-30-20/h1-8,11-12H,9-10,13-14H2,(H,26,27). The molecule has 0 atom stereocenters. The summed E-state index contributed by atoms with van der Waals surface area (Å²) in [5.41, 5.74) is 4.37. The first kappa shape index (κ1) is 18.8. The molecule has 1 N–H and O–H groups in total. The maximum absolute atomic E-state index is 6.07. The second-order valence-electron chi connectivity index (χ2n) is 7.49. The first-order chi connectivity index (χ1) is 15.3. The molecule has 5 aromatic rings. The fraction of sp³-hybridized carbons (Fsp3) is 0.174. The summed E-state index contributed by atoms with van der Waals surface area (Å²) >= 11 is 3.19. The van der Waals surface area contributed by atoms with E-state index < -0.39 is 0 Å². The summed E-state index contributed by atoms with van der Waals surface area (Å²) in [7, 11) is 0. The molecular formula is C23H19N5OS2. The van der Waals surface area contributed by atoms with Gasteiger partial charge in [0.25, 0.3) is 0 Å². The molecule has 0 radical (unpaired) electrons. The molecule has 0 fully saturated rings. The number of H-pyrrole nitrogens is 1. The van der Waals surface area contributed by atoms with E-state index in [1.807, 2.05) is 42.6 Å². The number of thiophene rings is 1. The number of imidazole rings is 1. The molecule has 0 amide bonds. The van der Waals surface area contributed by atoms with Crippen LogP contribution in [-0.2, 0) is 19.5 Å². The zero-order valence-corrected chi connectivity index (χ0v) is 18.2. The van der Waals surface area contributed by atoms with Crippen LogP contribution in [0, 0.1) is 0 Å². The summed E-state index contributed by atoms with van der Waals surface area (Å²) in [6.45, 7) is 2.57. The number of aromatic amines is 1. The second-order valence-corrected chi connectivity index (χ2v) is 9.43. The van der Waals surface area contributed by atoms with Crippen LogP contribution in [0.15, 0.2) is 74.8 Å². The van der Waals surface area contributed by atoms with Gasteiger partial charge in [0.05, 0.1) is 28.1 Å². The van der Waals surface area contributed by atoms with Crippen LogP contribution in [0.1, 0.15) is 17.0 Å². The van der Waals surface area contributed by atoms with Gasteiger partial charge in [0.2, 0.25) is 0 Å². The number of fused-ring (bicyclic) bond motifs is 2. The zero-order chi connectivity index (χ0) is 20.6. The molecule has 0 saturated heterocycles. The van der Waals surface area contributed by atoms with Crippen LogP contribution in [0.5, 0.6) is 0 Å². The smallest absolute Gasteiger partial charge is 0.174 e. The van der Waals surface area contributed by atoms with Crippen molar-refractivity contribution in [3.8, 4) is 10.7 Å². The van der Waals surface area contributed by atoms with Gasteiger partial charge < -0.3 is 9.40 Å². The van der Waals surface area contributed by atoms with Crippen LogP contribution >= 0.6 is 23.1 Å². The molecule has 1 aliphatic rings. The van der Waals surface area contributed by atoms with E-state index in [0.29, 0.717) is 0 Å². The number of nitrogens with one attached hydrogen (secondary N) is 1. The molecule has 6 rings (SSSR count). The van der Waals surface area contributed by atoms with Gasteiger partial charge in [-0.15, -0.1) is 11.3 Å². The summed E-state index contributed by atoms with van der Waals surface area (Å²) in [5.74, 6) is 1.79. The maximum atomic E-state index is 6.07. The Hall–Kier alpha value is -2.94. The molecule has 0 unspecified atom stereocenters. The minimum atomic E-state index is 0.771. The van der Waals surface area contributed by atoms with Crippen LogP contribution in [0.4, 0.5) is 0 Å². The fourth-order valence-electron chi connectivity index (χ4n) is 3.83. The predicted octanol–water partition coefficient (Wildman–Crippen LogP) is 5.38. The summed E-state index contributed by atoms with van der Waals surface area (Å²) in [4.78, 5) is 20.8. The molecular weight excluding hydrogens is 426 g/mol. The van der Waals surface area contributed by atoms with Crippen molar-refractivity contribution in [2.45, 2.75) is 29.8 Å². The SMILES string of the molecule is c1csc(-c2ncc3c(n2)CCN(Cc2ccc(Sc4nc5ccccc5[nH]4)o2)C3)c1. The van der Waals surface area contributed by atoms with Gasteiger partial charge in [-0.05, 0) is 47.5 Å². The molecule has 0 aliphatic carbocycles. The Bertz CT molecular complexity index is 1310. The predicted molar refractivity (Wildman–Crippen MR) is 122 cm³/mol. The molecule has 1 aliphatic heterocycles. The Morgan fingerprint density at radius 3 is 2.97 bits per heavy atom. The number of benzene rings is 1. The van der Waals surface area contributed by atoms with Crippen LogP contribution in [0.3, 0.4) is 0 Å². The average molecular weight is 446 g/mol. The zero-order valence-electron chi connectivity index (χ0n) is 16.6. The summed E-state index contributed by atoms with van der Waals surface area (Å²) in [6.07, 6.45) is 2.91. The normalized spacial score (nSPS) is 14.2. The second kappa shape index (κ2) is 7.96. The molecule has 154 valence electrons. The lowest BCUT2D eigenvalue weighted by Gasteiger charge is -2.27. The summed E-state index contributed by atoms with van der Waals surface area (Å²) < 4.78 is 6.07. The Morgan fingerprint density at radius 1 is 1.10 bits per heavy atom. The van der Waals surface area contributed by atoms with Gasteiger partial charge in [-0.3, -0.25) is 4.90 Å². The van der Waals surface area contributed by atoms with Crippen molar-refractivity contribution in [1.82, 2.24) is 24.8 Å². The Morgan fingerprint density at radius 2 is 2.06 bits per heavy atom. The van der Waals surface area contributed by atoms with E-state index in [1.165, 1.54) is 17.3 Å². The number of para-hydroxylation sites is 2. The van der Waals surface area contributed by atoms with Crippen molar-refractivity contribution >= 4 is 34.1 Å². The Balaban J connectivity index is 1.12. The van der Waals surface area contributed by atoms with Gasteiger partial charge in [-0.25, -0.2) is 15.0 Å². The van der Waals surface area contributed by atoms with Gasteiger partial charge in [0, 0.05) is 31.3 Å². The molecule has 0 spiro atoms. The van der Waals surface area contributed by atoms with Gasteiger partial charge in [-0.2, -0.15) is 0 Å². The molecule has 0 bridgehead atoms. The molecule has 8 heteroatoms. The van der Waals surface area contributed by atoms with Gasteiger partial charge in [0.15, 0.2) is 16.1 Å². The highest BCUT2D eigenvalue weighted by Gasteiger charge is 2.20. The van der Waals surface area contributed by atoms with Crippen LogP contribution in [0.2, 0.25) is 0 Å². The minimum absolute atomic E-state index is 0.771. The number of furan rings is 1. The van der Waals surface area contributed by atoms with Crippen molar-refractivity contribution < 1.29 is 4.42 Å². The fourth-order valence-corrected chi connectivity index (χ4v) is 5.27. The van der Waals surface area contributed by atoms with E-state index in [9.17, 15) is 0 Å². The van der Waals surface area contributed by atoms with Gasteiger partial charge in [-0.1, -0.05) is 18.2 Å². The van der Waals surface area contributed by atoms with Crippen LogP contribution < -0.4 is 0 Å². The Labute approximate surface area is 187 Å². The number of rotatable bonds is 5. The van der Waals surface area contributed by atoms with E-state index in [4.69, 9.17) is 9.40 Å². The van der Waals surface area contributed by atoms with E-state index in [1.54, 1.807) is 11.3 Å². The molecule has 0 saturated carbocycles. The Kier molecular flexibility index (Phi) is 4.82. The van der Waals surface area contributed by atoms with Crippen molar-refractivity contribution in [1.29, 1.82) is 0 Å². The van der Waals surface area contributed by atoms with Crippen molar-refractivity contribution in [3.05, 3.63) is 77.1 Å². The van der Waals surface area contributed by atoms with E-state index >= 15 is 0 Å². The third-order valence-corrected chi connectivity index (χ3v) is 7.01. The first-order valence-electron chi connectivity index (χ1n) is 10.1. The number of hydrogen-bond donors (Lipinski definition) is 1. The van der Waals surface area contributed by atoms with Crippen LogP contribution in [0.25, 0.3) is 21.7 Å². The van der Waals surface area contributed by atoms with Crippen molar-refractivity contribution in [2.24, 2.45) is 0 Å². The molecule has 6 nitrogen and oxygen atoms in total. The lowest BCUT2D eigenvalue weighted by Crippen LogP contribution is -2.30. The van der Waals surface area contributed by atoms with E-state index in [0.717, 1.165) is 69.5 Å². The molecule has 1 aromatic carbocycles. The third kappa shape index (κ3) is 3.89. The maximum Gasteiger partial charge on any atom is 0.174 e. The molecule has 5 heterocycles.